The third-order valence-corrected chi connectivity index (χ3v) is 3.05. The van der Waals surface area contributed by atoms with Crippen molar-refractivity contribution in [1.82, 2.24) is 4.98 Å². The third-order valence-electron chi connectivity index (χ3n) is 3.05. The van der Waals surface area contributed by atoms with Crippen LogP contribution < -0.4 is 5.32 Å². The van der Waals surface area contributed by atoms with Crippen LogP contribution in [0.15, 0.2) is 60.8 Å². The molecule has 2 N–H and O–H groups in total. The molecule has 0 spiro atoms. The lowest BCUT2D eigenvalue weighted by Gasteiger charge is -2.09. The van der Waals surface area contributed by atoms with Crippen molar-refractivity contribution < 1.29 is 9.90 Å². The molecule has 0 aliphatic carbocycles. The molecule has 0 radical (unpaired) electrons. The highest BCUT2D eigenvalue weighted by atomic mass is 16.4. The van der Waals surface area contributed by atoms with Gasteiger partial charge in [0.15, 0.2) is 0 Å². The summed E-state index contributed by atoms with van der Waals surface area (Å²) in [6.07, 6.45) is 1.57. The van der Waals surface area contributed by atoms with Crippen LogP contribution in [0.1, 0.15) is 10.4 Å². The number of carboxylic acids is 1. The van der Waals surface area contributed by atoms with E-state index in [-0.39, 0.29) is 5.56 Å². The highest BCUT2D eigenvalue weighted by molar-refractivity contribution is 5.94. The van der Waals surface area contributed by atoms with Gasteiger partial charge in [0.2, 0.25) is 0 Å². The van der Waals surface area contributed by atoms with Crippen molar-refractivity contribution >= 4 is 28.2 Å². The summed E-state index contributed by atoms with van der Waals surface area (Å²) in [5.74, 6) is -0.656. The Bertz CT molecular complexity index is 784. The number of rotatable bonds is 3. The van der Waals surface area contributed by atoms with Crippen molar-refractivity contribution in [1.29, 1.82) is 0 Å². The molecule has 0 fully saturated rings. The van der Waals surface area contributed by atoms with Crippen LogP contribution in [0.25, 0.3) is 10.8 Å². The van der Waals surface area contributed by atoms with Gasteiger partial charge in [-0.05, 0) is 35.0 Å². The molecule has 4 nitrogen and oxygen atoms in total. The molecule has 0 atom stereocenters. The van der Waals surface area contributed by atoms with Crippen LogP contribution in [0.3, 0.4) is 0 Å². The fourth-order valence-corrected chi connectivity index (χ4v) is 2.08. The SMILES string of the molecule is O=C(O)c1cccnc1Nc1ccc2ccccc2c1. The number of pyridine rings is 1. The molecule has 0 saturated carbocycles. The summed E-state index contributed by atoms with van der Waals surface area (Å²) in [5, 5.41) is 14.4. The lowest BCUT2D eigenvalue weighted by atomic mass is 10.1. The van der Waals surface area contributed by atoms with Crippen molar-refractivity contribution in [3.8, 4) is 0 Å². The van der Waals surface area contributed by atoms with E-state index in [0.29, 0.717) is 5.82 Å². The van der Waals surface area contributed by atoms with Gasteiger partial charge in [0, 0.05) is 11.9 Å². The summed E-state index contributed by atoms with van der Waals surface area (Å²) in [4.78, 5) is 15.2. The second-order valence-electron chi connectivity index (χ2n) is 4.39. The molecule has 3 aromatic rings. The predicted octanol–water partition coefficient (Wildman–Crippen LogP) is 3.68. The van der Waals surface area contributed by atoms with E-state index in [4.69, 9.17) is 5.11 Å². The number of nitrogens with zero attached hydrogens (tertiary/aromatic N) is 1. The first-order chi connectivity index (χ1) is 9.74. The van der Waals surface area contributed by atoms with E-state index in [1.54, 1.807) is 12.3 Å². The number of aromatic nitrogens is 1. The van der Waals surface area contributed by atoms with Gasteiger partial charge in [-0.15, -0.1) is 0 Å². The summed E-state index contributed by atoms with van der Waals surface area (Å²) in [6.45, 7) is 0. The van der Waals surface area contributed by atoms with Crippen molar-refractivity contribution in [2.24, 2.45) is 0 Å². The Labute approximate surface area is 115 Å². The Kier molecular flexibility index (Phi) is 3.05. The number of benzene rings is 2. The summed E-state index contributed by atoms with van der Waals surface area (Å²) in [6, 6.07) is 17.0. The molecule has 1 heterocycles. The van der Waals surface area contributed by atoms with Crippen LogP contribution in [0, 0.1) is 0 Å². The lowest BCUT2D eigenvalue weighted by molar-refractivity contribution is 0.0697. The molecule has 3 rings (SSSR count). The summed E-state index contributed by atoms with van der Waals surface area (Å²) in [7, 11) is 0. The molecular weight excluding hydrogens is 252 g/mol. The van der Waals surface area contributed by atoms with E-state index in [1.807, 2.05) is 42.5 Å². The van der Waals surface area contributed by atoms with E-state index in [2.05, 4.69) is 10.3 Å². The zero-order valence-electron chi connectivity index (χ0n) is 10.6. The number of nitrogens with one attached hydrogen (secondary N) is 1. The topological polar surface area (TPSA) is 62.2 Å². The second-order valence-corrected chi connectivity index (χ2v) is 4.39. The number of fused-ring (bicyclic) bond motifs is 1. The molecule has 0 unspecified atom stereocenters. The van der Waals surface area contributed by atoms with Gasteiger partial charge in [-0.2, -0.15) is 0 Å². The van der Waals surface area contributed by atoms with Gasteiger partial charge in [-0.25, -0.2) is 9.78 Å². The van der Waals surface area contributed by atoms with Crippen LogP contribution in [0.4, 0.5) is 11.5 Å². The summed E-state index contributed by atoms with van der Waals surface area (Å²) >= 11 is 0. The maximum Gasteiger partial charge on any atom is 0.339 e. The number of anilines is 2. The average molecular weight is 264 g/mol. The normalized spacial score (nSPS) is 10.4. The first-order valence-corrected chi connectivity index (χ1v) is 6.18. The lowest BCUT2D eigenvalue weighted by Crippen LogP contribution is -2.04. The number of carboxylic acid groups (broad SMARTS) is 1. The van der Waals surface area contributed by atoms with Gasteiger partial charge in [0.1, 0.15) is 11.4 Å². The second kappa shape index (κ2) is 5.01. The minimum atomic E-state index is -0.999. The standard InChI is InChI=1S/C16H12N2O2/c19-16(20)14-6-3-9-17-15(14)18-13-8-7-11-4-1-2-5-12(11)10-13/h1-10H,(H,17,18)(H,19,20). The van der Waals surface area contributed by atoms with E-state index >= 15 is 0 Å². The fourth-order valence-electron chi connectivity index (χ4n) is 2.08. The molecule has 20 heavy (non-hydrogen) atoms. The van der Waals surface area contributed by atoms with Gasteiger partial charge in [0.05, 0.1) is 0 Å². The zero-order valence-corrected chi connectivity index (χ0v) is 10.6. The van der Waals surface area contributed by atoms with Crippen LogP contribution in [-0.2, 0) is 0 Å². The number of hydrogen-bond acceptors (Lipinski definition) is 3. The number of hydrogen-bond donors (Lipinski definition) is 2. The monoisotopic (exact) mass is 264 g/mol. The molecule has 0 saturated heterocycles. The Morgan fingerprint density at radius 2 is 1.80 bits per heavy atom. The fraction of sp³-hybridized carbons (Fsp3) is 0. The zero-order chi connectivity index (χ0) is 13.9. The number of carbonyl (C=O) groups is 1. The Balaban J connectivity index is 1.99. The van der Waals surface area contributed by atoms with E-state index in [0.717, 1.165) is 16.5 Å². The smallest absolute Gasteiger partial charge is 0.339 e. The molecule has 0 bridgehead atoms. The van der Waals surface area contributed by atoms with E-state index in [9.17, 15) is 4.79 Å². The van der Waals surface area contributed by atoms with Crippen molar-refractivity contribution in [2.75, 3.05) is 5.32 Å². The van der Waals surface area contributed by atoms with Gasteiger partial charge in [-0.1, -0.05) is 30.3 Å². The summed E-state index contributed by atoms with van der Waals surface area (Å²) in [5.41, 5.74) is 0.963. The third kappa shape index (κ3) is 2.31. The highest BCUT2D eigenvalue weighted by Crippen LogP contribution is 2.23. The minimum Gasteiger partial charge on any atom is -0.478 e. The first kappa shape index (κ1) is 12.2. The van der Waals surface area contributed by atoms with Gasteiger partial charge in [0.25, 0.3) is 0 Å². The van der Waals surface area contributed by atoms with Gasteiger partial charge in [-0.3, -0.25) is 0 Å². The van der Waals surface area contributed by atoms with Crippen LogP contribution in [0.2, 0.25) is 0 Å². The molecule has 0 aliphatic rings. The maximum atomic E-state index is 11.1. The predicted molar refractivity (Wildman–Crippen MR) is 78.4 cm³/mol. The first-order valence-electron chi connectivity index (χ1n) is 6.18. The van der Waals surface area contributed by atoms with Gasteiger partial charge >= 0.3 is 5.97 Å². The van der Waals surface area contributed by atoms with E-state index in [1.165, 1.54) is 6.07 Å². The maximum absolute atomic E-state index is 11.1. The largest absolute Gasteiger partial charge is 0.478 e. The Morgan fingerprint density at radius 3 is 2.60 bits per heavy atom. The molecule has 98 valence electrons. The van der Waals surface area contributed by atoms with Gasteiger partial charge < -0.3 is 10.4 Å². The minimum absolute atomic E-state index is 0.153. The molecular formula is C16H12N2O2. The van der Waals surface area contributed by atoms with E-state index < -0.39 is 5.97 Å². The van der Waals surface area contributed by atoms with Crippen molar-refractivity contribution in [2.45, 2.75) is 0 Å². The highest BCUT2D eigenvalue weighted by Gasteiger charge is 2.10. The van der Waals surface area contributed by atoms with Crippen molar-refractivity contribution in [3.63, 3.8) is 0 Å². The quantitative estimate of drug-likeness (QED) is 0.757. The average Bonchev–Trinajstić information content (AvgIpc) is 2.47. The van der Waals surface area contributed by atoms with Crippen LogP contribution >= 0.6 is 0 Å². The Morgan fingerprint density at radius 1 is 1.00 bits per heavy atom. The summed E-state index contributed by atoms with van der Waals surface area (Å²) < 4.78 is 0. The molecule has 0 aliphatic heterocycles. The molecule has 0 amide bonds. The Hall–Kier alpha value is -2.88. The van der Waals surface area contributed by atoms with Crippen LogP contribution in [0.5, 0.6) is 0 Å². The molecule has 1 aromatic heterocycles. The number of aromatic carboxylic acids is 1. The molecule has 2 aromatic carbocycles. The van der Waals surface area contributed by atoms with Crippen molar-refractivity contribution in [3.05, 3.63) is 66.4 Å². The molecule has 4 heteroatoms. The van der Waals surface area contributed by atoms with Crippen LogP contribution in [-0.4, -0.2) is 16.1 Å².